The molecular formula is C17H23NO3Si. The van der Waals surface area contributed by atoms with Gasteiger partial charge in [0.25, 0.3) is 5.69 Å². The first-order valence-electron chi connectivity index (χ1n) is 7.45. The molecule has 118 valence electrons. The van der Waals surface area contributed by atoms with Crippen molar-refractivity contribution in [3.63, 3.8) is 0 Å². The van der Waals surface area contributed by atoms with E-state index in [2.05, 4.69) is 25.7 Å². The van der Waals surface area contributed by atoms with Gasteiger partial charge in [0, 0.05) is 17.5 Å². The summed E-state index contributed by atoms with van der Waals surface area (Å²) in [5.74, 6) is 0. The molecular weight excluding hydrogens is 294 g/mol. The predicted octanol–water partition coefficient (Wildman–Crippen LogP) is 4.40. The lowest BCUT2D eigenvalue weighted by molar-refractivity contribution is -0.385. The Hall–Kier alpha value is -1.72. The van der Waals surface area contributed by atoms with Crippen LogP contribution in [0.15, 0.2) is 47.7 Å². The summed E-state index contributed by atoms with van der Waals surface area (Å²) in [4.78, 5) is 10.5. The van der Waals surface area contributed by atoms with Crippen molar-refractivity contribution >= 4 is 13.8 Å². The number of hydrogen-bond acceptors (Lipinski definition) is 3. The molecule has 22 heavy (non-hydrogen) atoms. The Labute approximate surface area is 132 Å². The van der Waals surface area contributed by atoms with Crippen molar-refractivity contribution in [2.45, 2.75) is 39.1 Å². The van der Waals surface area contributed by atoms with Crippen molar-refractivity contribution in [1.29, 1.82) is 0 Å². The number of nitro groups is 1. The molecule has 5 heteroatoms. The first kappa shape index (κ1) is 16.6. The highest BCUT2D eigenvalue weighted by molar-refractivity contribution is 6.83. The fraction of sp³-hybridized carbons (Fsp3) is 0.412. The molecule has 0 saturated carbocycles. The SMILES string of the molecule is C[C@@]1([C@@H](O)c2cccc([N+](=O)[O-])c2)C=CC=C([Si](C)(C)C)C1. The van der Waals surface area contributed by atoms with E-state index in [-0.39, 0.29) is 5.69 Å². The van der Waals surface area contributed by atoms with E-state index in [1.807, 2.05) is 19.1 Å². The third-order valence-corrected chi connectivity index (χ3v) is 6.60. The molecule has 1 N–H and O–H groups in total. The topological polar surface area (TPSA) is 63.4 Å². The van der Waals surface area contributed by atoms with Gasteiger partial charge in [0.2, 0.25) is 0 Å². The van der Waals surface area contributed by atoms with E-state index >= 15 is 0 Å². The fourth-order valence-corrected chi connectivity index (χ4v) is 4.31. The number of aliphatic hydroxyl groups excluding tert-OH is 1. The molecule has 0 spiro atoms. The van der Waals surface area contributed by atoms with Gasteiger partial charge >= 0.3 is 0 Å². The van der Waals surface area contributed by atoms with Crippen molar-refractivity contribution in [2.75, 3.05) is 0 Å². The van der Waals surface area contributed by atoms with Gasteiger partial charge < -0.3 is 5.11 Å². The fourth-order valence-electron chi connectivity index (χ4n) is 2.80. The first-order chi connectivity index (χ1) is 10.1. The van der Waals surface area contributed by atoms with Gasteiger partial charge in [-0.25, -0.2) is 0 Å². The van der Waals surface area contributed by atoms with Crippen LogP contribution >= 0.6 is 0 Å². The number of allylic oxidation sites excluding steroid dienone is 3. The lowest BCUT2D eigenvalue weighted by atomic mass is 9.76. The van der Waals surface area contributed by atoms with Gasteiger partial charge in [-0.2, -0.15) is 0 Å². The Morgan fingerprint density at radius 1 is 1.36 bits per heavy atom. The van der Waals surface area contributed by atoms with Gasteiger partial charge in [-0.1, -0.05) is 62.1 Å². The minimum atomic E-state index is -1.43. The van der Waals surface area contributed by atoms with Gasteiger partial charge in [-0.15, -0.1) is 0 Å². The maximum Gasteiger partial charge on any atom is 0.269 e. The van der Waals surface area contributed by atoms with Crippen molar-refractivity contribution in [3.8, 4) is 0 Å². The smallest absolute Gasteiger partial charge is 0.269 e. The molecule has 2 rings (SSSR count). The molecule has 0 radical (unpaired) electrons. The first-order valence-corrected chi connectivity index (χ1v) is 10.9. The third-order valence-electron chi connectivity index (χ3n) is 4.33. The van der Waals surface area contributed by atoms with Crippen LogP contribution in [-0.2, 0) is 0 Å². The minimum Gasteiger partial charge on any atom is -0.388 e. The van der Waals surface area contributed by atoms with Crippen LogP contribution < -0.4 is 0 Å². The van der Waals surface area contributed by atoms with E-state index in [1.165, 1.54) is 17.3 Å². The van der Waals surface area contributed by atoms with Crippen molar-refractivity contribution in [1.82, 2.24) is 0 Å². The van der Waals surface area contributed by atoms with Gasteiger partial charge in [-0.3, -0.25) is 10.1 Å². The maximum atomic E-state index is 10.9. The van der Waals surface area contributed by atoms with E-state index in [0.717, 1.165) is 6.42 Å². The molecule has 0 aliphatic heterocycles. The quantitative estimate of drug-likeness (QED) is 0.508. The van der Waals surface area contributed by atoms with E-state index in [0.29, 0.717) is 5.56 Å². The zero-order valence-corrected chi connectivity index (χ0v) is 14.5. The number of nitrogens with zero attached hydrogens (tertiary/aromatic N) is 1. The molecule has 1 aromatic rings. The second-order valence-corrected chi connectivity index (χ2v) is 12.4. The van der Waals surface area contributed by atoms with Crippen LogP contribution in [0.25, 0.3) is 0 Å². The summed E-state index contributed by atoms with van der Waals surface area (Å²) in [6.45, 7) is 8.88. The summed E-state index contributed by atoms with van der Waals surface area (Å²) in [5, 5.41) is 23.1. The molecule has 0 saturated heterocycles. The van der Waals surface area contributed by atoms with Crippen molar-refractivity contribution in [3.05, 3.63) is 63.4 Å². The zero-order chi connectivity index (χ0) is 16.5. The largest absolute Gasteiger partial charge is 0.388 e. The molecule has 1 aromatic carbocycles. The molecule has 0 amide bonds. The highest BCUT2D eigenvalue weighted by Gasteiger charge is 2.37. The van der Waals surface area contributed by atoms with Crippen molar-refractivity contribution in [2.24, 2.45) is 5.41 Å². The van der Waals surface area contributed by atoms with Gasteiger partial charge in [0.15, 0.2) is 0 Å². The second-order valence-electron chi connectivity index (χ2n) is 7.24. The molecule has 0 unspecified atom stereocenters. The molecule has 2 atom stereocenters. The Morgan fingerprint density at radius 2 is 2.05 bits per heavy atom. The average Bonchev–Trinajstić information content (AvgIpc) is 2.45. The number of hydrogen-bond donors (Lipinski definition) is 1. The number of aliphatic hydroxyl groups is 1. The van der Waals surface area contributed by atoms with Crippen LogP contribution in [-0.4, -0.2) is 18.1 Å². The van der Waals surface area contributed by atoms with E-state index < -0.39 is 24.5 Å². The number of non-ortho nitro benzene ring substituents is 1. The monoisotopic (exact) mass is 317 g/mol. The molecule has 0 aromatic heterocycles. The molecule has 1 aliphatic rings. The van der Waals surface area contributed by atoms with E-state index in [9.17, 15) is 15.2 Å². The molecule has 1 aliphatic carbocycles. The maximum absolute atomic E-state index is 10.9. The van der Waals surface area contributed by atoms with Crippen LogP contribution in [0.3, 0.4) is 0 Å². The summed E-state index contributed by atoms with van der Waals surface area (Å²) in [7, 11) is -1.43. The average molecular weight is 317 g/mol. The molecule has 4 nitrogen and oxygen atoms in total. The van der Waals surface area contributed by atoms with E-state index in [1.54, 1.807) is 12.1 Å². The number of nitro benzene ring substituents is 1. The van der Waals surface area contributed by atoms with Crippen LogP contribution in [0, 0.1) is 15.5 Å². The second kappa shape index (κ2) is 5.82. The number of benzene rings is 1. The Kier molecular flexibility index (Phi) is 4.40. The standard InChI is InChI=1S/C17H23NO3Si/c1-17(10-6-9-15(12-17)22(2,3)4)16(19)13-7-5-8-14(11-13)18(20)21/h5-11,16,19H,12H2,1-4H3/t16-,17+/m0/s1. The van der Waals surface area contributed by atoms with Crippen LogP contribution in [0.1, 0.15) is 25.0 Å². The van der Waals surface area contributed by atoms with Crippen molar-refractivity contribution < 1.29 is 10.0 Å². The Morgan fingerprint density at radius 3 is 2.64 bits per heavy atom. The van der Waals surface area contributed by atoms with Crippen LogP contribution in [0.5, 0.6) is 0 Å². The highest BCUT2D eigenvalue weighted by Crippen LogP contribution is 2.44. The van der Waals surface area contributed by atoms with Gasteiger partial charge in [-0.05, 0) is 12.0 Å². The number of rotatable bonds is 4. The summed E-state index contributed by atoms with van der Waals surface area (Å²) < 4.78 is 0. The van der Waals surface area contributed by atoms with Gasteiger partial charge in [0.05, 0.1) is 19.1 Å². The lowest BCUT2D eigenvalue weighted by Gasteiger charge is -2.38. The summed E-state index contributed by atoms with van der Waals surface area (Å²) in [6, 6.07) is 6.30. The third kappa shape index (κ3) is 3.36. The zero-order valence-electron chi connectivity index (χ0n) is 13.5. The Bertz CT molecular complexity index is 646. The van der Waals surface area contributed by atoms with Gasteiger partial charge in [0.1, 0.15) is 0 Å². The molecule has 0 bridgehead atoms. The Balaban J connectivity index is 2.31. The van der Waals surface area contributed by atoms with E-state index in [4.69, 9.17) is 0 Å². The van der Waals surface area contributed by atoms with Crippen LogP contribution in [0.4, 0.5) is 5.69 Å². The van der Waals surface area contributed by atoms with Crippen LogP contribution in [0.2, 0.25) is 19.6 Å². The lowest BCUT2D eigenvalue weighted by Crippen LogP contribution is -2.33. The summed E-state index contributed by atoms with van der Waals surface area (Å²) in [6.07, 6.45) is 6.22. The molecule has 0 heterocycles. The highest BCUT2D eigenvalue weighted by atomic mass is 28.3. The summed E-state index contributed by atoms with van der Waals surface area (Å²) >= 11 is 0. The summed E-state index contributed by atoms with van der Waals surface area (Å²) in [5.41, 5.74) is 0.179. The predicted molar refractivity (Wildman–Crippen MR) is 91.3 cm³/mol. The minimum absolute atomic E-state index is 0.0147. The normalized spacial score (nSPS) is 23.0. The molecule has 0 fully saturated rings.